The Hall–Kier alpha value is -1.65. The van der Waals surface area contributed by atoms with Crippen LogP contribution in [0.3, 0.4) is 0 Å². The molecule has 0 bridgehead atoms. The molecule has 1 atom stereocenters. The van der Waals surface area contributed by atoms with E-state index in [9.17, 15) is 0 Å². The van der Waals surface area contributed by atoms with Gasteiger partial charge in [-0.3, -0.25) is 9.97 Å². The summed E-state index contributed by atoms with van der Waals surface area (Å²) in [6.45, 7) is 3.30. The zero-order valence-electron chi connectivity index (χ0n) is 10.7. The topological polar surface area (TPSA) is 47.0 Å². The predicted molar refractivity (Wildman–Crippen MR) is 75.4 cm³/mol. The summed E-state index contributed by atoms with van der Waals surface area (Å²) in [6.07, 6.45) is 5.11. The Morgan fingerprint density at radius 3 is 2.89 bits per heavy atom. The van der Waals surface area contributed by atoms with Crippen molar-refractivity contribution in [3.63, 3.8) is 0 Å². The van der Waals surface area contributed by atoms with Gasteiger partial charge in [0.1, 0.15) is 12.4 Å². The van der Waals surface area contributed by atoms with Crippen LogP contribution in [0.15, 0.2) is 42.9 Å². The smallest absolute Gasteiger partial charge is 0.137 e. The van der Waals surface area contributed by atoms with Crippen molar-refractivity contribution in [1.82, 2.24) is 15.3 Å². The van der Waals surface area contributed by atoms with E-state index in [1.54, 1.807) is 18.6 Å². The van der Waals surface area contributed by atoms with Gasteiger partial charge in [-0.2, -0.15) is 0 Å². The van der Waals surface area contributed by atoms with Crippen LogP contribution in [0.1, 0.15) is 18.7 Å². The number of hydrogen-bond acceptors (Lipinski definition) is 4. The first-order chi connectivity index (χ1) is 9.27. The van der Waals surface area contributed by atoms with Crippen molar-refractivity contribution >= 4 is 11.6 Å². The Morgan fingerprint density at radius 2 is 2.16 bits per heavy atom. The number of para-hydroxylation sites is 1. The molecule has 0 aliphatic rings. The van der Waals surface area contributed by atoms with Crippen LogP contribution >= 0.6 is 11.6 Å². The summed E-state index contributed by atoms with van der Waals surface area (Å²) in [5.41, 5.74) is 0.917. The quantitative estimate of drug-likeness (QED) is 0.825. The Labute approximate surface area is 117 Å². The second-order valence-electron chi connectivity index (χ2n) is 4.08. The number of hydrogen-bond donors (Lipinski definition) is 1. The zero-order valence-corrected chi connectivity index (χ0v) is 11.5. The second kappa shape index (κ2) is 7.07. The zero-order chi connectivity index (χ0) is 13.5. The lowest BCUT2D eigenvalue weighted by Crippen LogP contribution is -2.25. The number of halogens is 1. The number of rotatable bonds is 6. The monoisotopic (exact) mass is 277 g/mol. The first kappa shape index (κ1) is 13.8. The summed E-state index contributed by atoms with van der Waals surface area (Å²) < 4.78 is 5.59. The molecule has 0 unspecified atom stereocenters. The summed E-state index contributed by atoms with van der Waals surface area (Å²) >= 11 is 6.00. The minimum Gasteiger partial charge on any atom is -0.491 e. The van der Waals surface area contributed by atoms with Crippen LogP contribution in [-0.2, 0) is 0 Å². The number of nitrogens with one attached hydrogen (secondary N) is 1. The molecule has 4 nitrogen and oxygen atoms in total. The highest BCUT2D eigenvalue weighted by atomic mass is 35.5. The molecule has 1 aromatic heterocycles. The van der Waals surface area contributed by atoms with Crippen molar-refractivity contribution in [2.45, 2.75) is 13.0 Å². The third kappa shape index (κ3) is 4.19. The van der Waals surface area contributed by atoms with Crippen LogP contribution in [0, 0.1) is 0 Å². The molecule has 0 fully saturated rings. The number of nitrogens with zero attached hydrogens (tertiary/aromatic N) is 2. The number of aromatic nitrogens is 2. The maximum absolute atomic E-state index is 6.00. The van der Waals surface area contributed by atoms with E-state index >= 15 is 0 Å². The fourth-order valence-corrected chi connectivity index (χ4v) is 1.83. The van der Waals surface area contributed by atoms with Crippen molar-refractivity contribution in [2.24, 2.45) is 0 Å². The standard InChI is InChI=1S/C14H16ClN3O/c1-11(13-10-16-6-7-18-13)17-8-9-19-14-5-3-2-4-12(14)15/h2-7,10-11,17H,8-9H2,1H3/t11-/m0/s1. The maximum Gasteiger partial charge on any atom is 0.137 e. The highest BCUT2D eigenvalue weighted by Gasteiger charge is 2.05. The fraction of sp³-hybridized carbons (Fsp3) is 0.286. The molecule has 100 valence electrons. The summed E-state index contributed by atoms with van der Waals surface area (Å²) in [4.78, 5) is 8.28. The Morgan fingerprint density at radius 1 is 1.32 bits per heavy atom. The molecule has 5 heteroatoms. The van der Waals surface area contributed by atoms with E-state index in [4.69, 9.17) is 16.3 Å². The highest BCUT2D eigenvalue weighted by molar-refractivity contribution is 6.32. The van der Waals surface area contributed by atoms with E-state index in [1.807, 2.05) is 31.2 Å². The summed E-state index contributed by atoms with van der Waals surface area (Å²) in [5.74, 6) is 0.707. The van der Waals surface area contributed by atoms with Gasteiger partial charge in [-0.05, 0) is 19.1 Å². The van der Waals surface area contributed by atoms with E-state index in [2.05, 4.69) is 15.3 Å². The van der Waals surface area contributed by atoms with Crippen molar-refractivity contribution < 1.29 is 4.74 Å². The van der Waals surface area contributed by atoms with Gasteiger partial charge in [-0.25, -0.2) is 0 Å². The first-order valence-corrected chi connectivity index (χ1v) is 6.52. The molecule has 0 saturated carbocycles. The van der Waals surface area contributed by atoms with Crippen LogP contribution in [0.5, 0.6) is 5.75 Å². The largest absolute Gasteiger partial charge is 0.491 e. The number of ether oxygens (including phenoxy) is 1. The van der Waals surface area contributed by atoms with E-state index in [0.717, 1.165) is 5.69 Å². The molecule has 0 saturated heterocycles. The van der Waals surface area contributed by atoms with E-state index in [0.29, 0.717) is 23.9 Å². The van der Waals surface area contributed by atoms with Gasteiger partial charge < -0.3 is 10.1 Å². The Kier molecular flexibility index (Phi) is 5.12. The third-order valence-corrected chi connectivity index (χ3v) is 2.99. The van der Waals surface area contributed by atoms with Crippen LogP contribution in [0.4, 0.5) is 0 Å². The van der Waals surface area contributed by atoms with Crippen LogP contribution in [0.2, 0.25) is 5.02 Å². The van der Waals surface area contributed by atoms with Crippen molar-refractivity contribution in [1.29, 1.82) is 0 Å². The molecule has 0 spiro atoms. The van der Waals surface area contributed by atoms with E-state index in [1.165, 1.54) is 0 Å². The third-order valence-electron chi connectivity index (χ3n) is 2.67. The highest BCUT2D eigenvalue weighted by Crippen LogP contribution is 2.22. The summed E-state index contributed by atoms with van der Waals surface area (Å²) in [6, 6.07) is 7.59. The molecular formula is C14H16ClN3O. The molecule has 2 aromatic rings. The molecule has 0 radical (unpaired) electrons. The molecule has 2 rings (SSSR count). The summed E-state index contributed by atoms with van der Waals surface area (Å²) in [5, 5.41) is 3.95. The SMILES string of the molecule is C[C@H](NCCOc1ccccc1Cl)c1cnccn1. The van der Waals surface area contributed by atoms with Crippen LogP contribution in [0.25, 0.3) is 0 Å². The Bertz CT molecular complexity index is 507. The van der Waals surface area contributed by atoms with Crippen molar-refractivity contribution in [2.75, 3.05) is 13.2 Å². The Balaban J connectivity index is 1.74. The van der Waals surface area contributed by atoms with Crippen molar-refractivity contribution in [3.05, 3.63) is 53.6 Å². The molecule has 19 heavy (non-hydrogen) atoms. The van der Waals surface area contributed by atoms with Gasteiger partial charge in [0.25, 0.3) is 0 Å². The van der Waals surface area contributed by atoms with Crippen molar-refractivity contribution in [3.8, 4) is 5.75 Å². The molecule has 1 aromatic carbocycles. The molecule has 0 aliphatic carbocycles. The lowest BCUT2D eigenvalue weighted by Gasteiger charge is -2.13. The molecule has 0 amide bonds. The molecular weight excluding hydrogens is 262 g/mol. The van der Waals surface area contributed by atoms with Gasteiger partial charge >= 0.3 is 0 Å². The van der Waals surface area contributed by atoms with Gasteiger partial charge in [0, 0.05) is 31.2 Å². The van der Waals surface area contributed by atoms with E-state index < -0.39 is 0 Å². The van der Waals surface area contributed by atoms with E-state index in [-0.39, 0.29) is 6.04 Å². The average Bonchev–Trinajstić information content (AvgIpc) is 2.46. The first-order valence-electron chi connectivity index (χ1n) is 6.14. The minimum atomic E-state index is 0.142. The van der Waals surface area contributed by atoms with Gasteiger partial charge in [-0.15, -0.1) is 0 Å². The summed E-state index contributed by atoms with van der Waals surface area (Å²) in [7, 11) is 0. The minimum absolute atomic E-state index is 0.142. The lowest BCUT2D eigenvalue weighted by atomic mass is 10.2. The predicted octanol–water partition coefficient (Wildman–Crippen LogP) is 2.86. The second-order valence-corrected chi connectivity index (χ2v) is 4.49. The van der Waals surface area contributed by atoms with Gasteiger partial charge in [-0.1, -0.05) is 23.7 Å². The van der Waals surface area contributed by atoms with Gasteiger partial charge in [0.05, 0.1) is 10.7 Å². The lowest BCUT2D eigenvalue weighted by molar-refractivity contribution is 0.307. The van der Waals surface area contributed by atoms with Gasteiger partial charge in [0.2, 0.25) is 0 Å². The molecule has 1 N–H and O–H groups in total. The normalized spacial score (nSPS) is 12.1. The fourth-order valence-electron chi connectivity index (χ4n) is 1.64. The maximum atomic E-state index is 6.00. The van der Waals surface area contributed by atoms with Gasteiger partial charge in [0.15, 0.2) is 0 Å². The number of benzene rings is 1. The van der Waals surface area contributed by atoms with Crippen LogP contribution in [-0.4, -0.2) is 23.1 Å². The van der Waals surface area contributed by atoms with Crippen LogP contribution < -0.4 is 10.1 Å². The average molecular weight is 278 g/mol. The molecule has 1 heterocycles. The molecule has 0 aliphatic heterocycles.